The standard InChI is InChI=1S/C13H28N2O5/c1-14-4-2-3-5-15-13(17)12-20-11-10-19-9-8-18-7-6-16/h14,16H,2-12H2,1H3,(H,15,17). The Kier molecular flexibility index (Phi) is 15.7. The molecule has 20 heavy (non-hydrogen) atoms. The molecule has 0 aliphatic rings. The van der Waals surface area contributed by atoms with Crippen LogP contribution in [-0.4, -0.2) is 77.4 Å². The van der Waals surface area contributed by atoms with Gasteiger partial charge in [0.25, 0.3) is 0 Å². The maximum atomic E-state index is 11.3. The van der Waals surface area contributed by atoms with Crippen LogP contribution in [0.15, 0.2) is 0 Å². The van der Waals surface area contributed by atoms with Crippen LogP contribution in [0.1, 0.15) is 12.8 Å². The zero-order valence-corrected chi connectivity index (χ0v) is 12.4. The van der Waals surface area contributed by atoms with E-state index >= 15 is 0 Å². The number of carbonyl (C=O) groups excluding carboxylic acids is 1. The Morgan fingerprint density at radius 3 is 2.20 bits per heavy atom. The summed E-state index contributed by atoms with van der Waals surface area (Å²) in [6, 6.07) is 0. The third-order valence-corrected chi connectivity index (χ3v) is 2.39. The molecule has 3 N–H and O–H groups in total. The van der Waals surface area contributed by atoms with E-state index in [0.717, 1.165) is 19.4 Å². The number of aliphatic hydroxyl groups excluding tert-OH is 1. The number of hydrogen-bond acceptors (Lipinski definition) is 6. The minimum Gasteiger partial charge on any atom is -0.394 e. The SMILES string of the molecule is CNCCCCNC(=O)COCCOCCOCCO. The summed E-state index contributed by atoms with van der Waals surface area (Å²) < 4.78 is 15.4. The van der Waals surface area contributed by atoms with Gasteiger partial charge in [0.15, 0.2) is 0 Å². The fourth-order valence-corrected chi connectivity index (χ4v) is 1.37. The first-order chi connectivity index (χ1) is 9.81. The van der Waals surface area contributed by atoms with Crippen LogP contribution in [0.4, 0.5) is 0 Å². The van der Waals surface area contributed by atoms with Crippen molar-refractivity contribution in [2.75, 3.05) is 66.4 Å². The number of amides is 1. The second kappa shape index (κ2) is 16.3. The quantitative estimate of drug-likeness (QED) is 0.341. The Bertz CT molecular complexity index is 217. The molecule has 120 valence electrons. The minimum atomic E-state index is -0.0965. The number of nitrogens with one attached hydrogen (secondary N) is 2. The van der Waals surface area contributed by atoms with Gasteiger partial charge in [-0.1, -0.05) is 0 Å². The normalized spacial score (nSPS) is 10.7. The van der Waals surface area contributed by atoms with Crippen molar-refractivity contribution >= 4 is 5.91 Å². The van der Waals surface area contributed by atoms with Crippen LogP contribution in [0.5, 0.6) is 0 Å². The molecule has 0 aliphatic carbocycles. The molecule has 0 aromatic rings. The predicted molar refractivity (Wildman–Crippen MR) is 75.7 cm³/mol. The lowest BCUT2D eigenvalue weighted by Gasteiger charge is -2.07. The number of aliphatic hydroxyl groups is 1. The van der Waals surface area contributed by atoms with Crippen LogP contribution in [0.3, 0.4) is 0 Å². The van der Waals surface area contributed by atoms with Crippen molar-refractivity contribution in [1.82, 2.24) is 10.6 Å². The van der Waals surface area contributed by atoms with Crippen LogP contribution in [0, 0.1) is 0 Å². The molecule has 0 unspecified atom stereocenters. The number of unbranched alkanes of at least 4 members (excludes halogenated alkanes) is 1. The lowest BCUT2D eigenvalue weighted by atomic mass is 10.3. The molecule has 0 saturated carbocycles. The Balaban J connectivity index is 3.11. The maximum absolute atomic E-state index is 11.3. The molecule has 0 saturated heterocycles. The van der Waals surface area contributed by atoms with Gasteiger partial charge >= 0.3 is 0 Å². The molecule has 0 heterocycles. The monoisotopic (exact) mass is 292 g/mol. The van der Waals surface area contributed by atoms with Crippen molar-refractivity contribution in [3.63, 3.8) is 0 Å². The van der Waals surface area contributed by atoms with Crippen LogP contribution in [0.2, 0.25) is 0 Å². The van der Waals surface area contributed by atoms with E-state index < -0.39 is 0 Å². The van der Waals surface area contributed by atoms with E-state index in [4.69, 9.17) is 19.3 Å². The molecule has 0 aromatic heterocycles. The summed E-state index contributed by atoms with van der Waals surface area (Å²) in [5.74, 6) is -0.0965. The molecule has 0 bridgehead atoms. The van der Waals surface area contributed by atoms with E-state index in [0.29, 0.717) is 39.6 Å². The zero-order chi connectivity index (χ0) is 14.9. The Hall–Kier alpha value is -0.730. The van der Waals surface area contributed by atoms with Gasteiger partial charge < -0.3 is 30.0 Å². The van der Waals surface area contributed by atoms with Gasteiger partial charge in [0.2, 0.25) is 5.91 Å². The summed E-state index contributed by atoms with van der Waals surface area (Å²) in [7, 11) is 1.91. The fourth-order valence-electron chi connectivity index (χ4n) is 1.37. The Morgan fingerprint density at radius 2 is 1.55 bits per heavy atom. The second-order valence-electron chi connectivity index (χ2n) is 4.16. The van der Waals surface area contributed by atoms with Gasteiger partial charge in [-0.15, -0.1) is 0 Å². The Morgan fingerprint density at radius 1 is 0.950 bits per heavy atom. The van der Waals surface area contributed by atoms with Crippen LogP contribution in [0.25, 0.3) is 0 Å². The summed E-state index contributed by atoms with van der Waals surface area (Å²) in [6.45, 7) is 3.78. The van der Waals surface area contributed by atoms with E-state index in [1.54, 1.807) is 0 Å². The van der Waals surface area contributed by atoms with E-state index in [1.165, 1.54) is 0 Å². The lowest BCUT2D eigenvalue weighted by molar-refractivity contribution is -0.126. The summed E-state index contributed by atoms with van der Waals surface area (Å²) in [5, 5.41) is 14.3. The van der Waals surface area contributed by atoms with Crippen LogP contribution < -0.4 is 10.6 Å². The topological polar surface area (TPSA) is 89.1 Å². The molecular weight excluding hydrogens is 264 g/mol. The molecule has 1 amide bonds. The van der Waals surface area contributed by atoms with Crippen molar-refractivity contribution in [2.45, 2.75) is 12.8 Å². The van der Waals surface area contributed by atoms with Crippen molar-refractivity contribution in [3.8, 4) is 0 Å². The van der Waals surface area contributed by atoms with Crippen LogP contribution >= 0.6 is 0 Å². The third-order valence-electron chi connectivity index (χ3n) is 2.39. The van der Waals surface area contributed by atoms with Gasteiger partial charge in [-0.2, -0.15) is 0 Å². The van der Waals surface area contributed by atoms with E-state index in [9.17, 15) is 4.79 Å². The molecule has 0 fully saturated rings. The smallest absolute Gasteiger partial charge is 0.245 e. The van der Waals surface area contributed by atoms with E-state index in [1.807, 2.05) is 7.05 Å². The number of rotatable bonds is 15. The predicted octanol–water partition coefficient (Wildman–Crippen LogP) is -0.856. The first-order valence-corrected chi connectivity index (χ1v) is 7.06. The molecule has 0 spiro atoms. The van der Waals surface area contributed by atoms with E-state index in [-0.39, 0.29) is 19.1 Å². The molecule has 7 heteroatoms. The first-order valence-electron chi connectivity index (χ1n) is 7.06. The number of ether oxygens (including phenoxy) is 3. The lowest BCUT2D eigenvalue weighted by Crippen LogP contribution is -2.29. The summed E-state index contributed by atoms with van der Waals surface area (Å²) in [6.07, 6.45) is 2.01. The second-order valence-corrected chi connectivity index (χ2v) is 4.16. The molecule has 0 atom stereocenters. The van der Waals surface area contributed by atoms with Crippen molar-refractivity contribution in [2.24, 2.45) is 0 Å². The first kappa shape index (κ1) is 19.3. The van der Waals surface area contributed by atoms with Crippen molar-refractivity contribution in [1.29, 1.82) is 0 Å². The zero-order valence-electron chi connectivity index (χ0n) is 12.4. The van der Waals surface area contributed by atoms with Gasteiger partial charge in [-0.05, 0) is 26.4 Å². The fraction of sp³-hybridized carbons (Fsp3) is 0.923. The van der Waals surface area contributed by atoms with Gasteiger partial charge in [0.05, 0.1) is 39.6 Å². The number of hydrogen-bond donors (Lipinski definition) is 3. The van der Waals surface area contributed by atoms with Crippen molar-refractivity contribution < 1.29 is 24.1 Å². The molecular formula is C13H28N2O5. The van der Waals surface area contributed by atoms with Gasteiger partial charge in [-0.25, -0.2) is 0 Å². The summed E-state index contributed by atoms with van der Waals surface area (Å²) >= 11 is 0. The average molecular weight is 292 g/mol. The van der Waals surface area contributed by atoms with Gasteiger partial charge in [-0.3, -0.25) is 4.79 Å². The minimum absolute atomic E-state index is 0.0210. The molecule has 0 aliphatic heterocycles. The third kappa shape index (κ3) is 15.3. The average Bonchev–Trinajstić information content (AvgIpc) is 2.45. The molecule has 0 rings (SSSR count). The molecule has 0 aromatic carbocycles. The number of carbonyl (C=O) groups is 1. The highest BCUT2D eigenvalue weighted by Gasteiger charge is 2.00. The van der Waals surface area contributed by atoms with Crippen LogP contribution in [-0.2, 0) is 19.0 Å². The summed E-state index contributed by atoms with van der Waals surface area (Å²) in [4.78, 5) is 11.3. The molecule has 0 radical (unpaired) electrons. The van der Waals surface area contributed by atoms with Gasteiger partial charge in [0.1, 0.15) is 6.61 Å². The largest absolute Gasteiger partial charge is 0.394 e. The van der Waals surface area contributed by atoms with Crippen molar-refractivity contribution in [3.05, 3.63) is 0 Å². The highest BCUT2D eigenvalue weighted by molar-refractivity contribution is 5.77. The summed E-state index contributed by atoms with van der Waals surface area (Å²) in [5.41, 5.74) is 0. The van der Waals surface area contributed by atoms with Gasteiger partial charge in [0, 0.05) is 6.54 Å². The highest BCUT2D eigenvalue weighted by Crippen LogP contribution is 1.85. The highest BCUT2D eigenvalue weighted by atomic mass is 16.5. The maximum Gasteiger partial charge on any atom is 0.245 e. The Labute approximate surface area is 121 Å². The van der Waals surface area contributed by atoms with E-state index in [2.05, 4.69) is 10.6 Å². The molecule has 7 nitrogen and oxygen atoms in total.